The largest absolute Gasteiger partial charge is 0.478 e. The van der Waals surface area contributed by atoms with Crippen LogP contribution in [0.1, 0.15) is 31.3 Å². The third-order valence-corrected chi connectivity index (χ3v) is 4.95. The summed E-state index contributed by atoms with van der Waals surface area (Å²) in [5.74, 6) is -1.68. The molecular weight excluding hydrogens is 355 g/mol. The fraction of sp³-hybridized carbons (Fsp3) is 0.105. The molecule has 3 aromatic rings. The molecule has 132 valence electrons. The summed E-state index contributed by atoms with van der Waals surface area (Å²) in [5.41, 5.74) is 1.86. The molecule has 0 aliphatic heterocycles. The van der Waals surface area contributed by atoms with Crippen molar-refractivity contribution in [2.75, 3.05) is 0 Å². The average molecular weight is 370 g/mol. The van der Waals surface area contributed by atoms with Gasteiger partial charge in [-0.25, -0.2) is 14.2 Å². The zero-order valence-corrected chi connectivity index (χ0v) is 14.6. The molecule has 5 nitrogen and oxygen atoms in total. The number of aryl methyl sites for hydroxylation is 1. The molecule has 0 saturated carbocycles. The summed E-state index contributed by atoms with van der Waals surface area (Å²) < 4.78 is 13.9. The molecule has 0 bridgehead atoms. The molecule has 2 aromatic carbocycles. The number of carboxylic acids is 1. The number of hydrogen-bond donors (Lipinski definition) is 2. The number of carbonyl (C=O) groups is 2. The molecule has 0 aliphatic carbocycles. The van der Waals surface area contributed by atoms with Gasteiger partial charge in [-0.15, -0.1) is 11.3 Å². The molecular formula is C19H15FN2O3S. The average Bonchev–Trinajstić information content (AvgIpc) is 3.02. The van der Waals surface area contributed by atoms with Crippen LogP contribution in [0.15, 0.2) is 48.5 Å². The van der Waals surface area contributed by atoms with Crippen molar-refractivity contribution in [1.82, 2.24) is 10.3 Å². The molecule has 3 rings (SSSR count). The van der Waals surface area contributed by atoms with Crippen molar-refractivity contribution in [1.29, 1.82) is 0 Å². The highest BCUT2D eigenvalue weighted by Gasteiger charge is 2.17. The van der Waals surface area contributed by atoms with Crippen LogP contribution in [0.4, 0.5) is 4.39 Å². The van der Waals surface area contributed by atoms with Gasteiger partial charge in [-0.1, -0.05) is 24.3 Å². The Kier molecular flexibility index (Phi) is 5.09. The van der Waals surface area contributed by atoms with Gasteiger partial charge in [0, 0.05) is 12.1 Å². The number of nitrogens with zero attached hydrogens (tertiary/aromatic N) is 1. The Morgan fingerprint density at radius 2 is 1.85 bits per heavy atom. The lowest BCUT2D eigenvalue weighted by Gasteiger charge is -2.05. The smallest absolute Gasteiger partial charge is 0.335 e. The van der Waals surface area contributed by atoms with Gasteiger partial charge in [0.05, 0.1) is 11.3 Å². The van der Waals surface area contributed by atoms with E-state index in [0.717, 1.165) is 16.9 Å². The van der Waals surface area contributed by atoms with Crippen molar-refractivity contribution in [3.63, 3.8) is 0 Å². The van der Waals surface area contributed by atoms with Gasteiger partial charge in [0.2, 0.25) is 0 Å². The van der Waals surface area contributed by atoms with Gasteiger partial charge in [0.25, 0.3) is 5.91 Å². The van der Waals surface area contributed by atoms with Gasteiger partial charge in [0.1, 0.15) is 15.7 Å². The Labute approximate surface area is 153 Å². The van der Waals surface area contributed by atoms with Gasteiger partial charge < -0.3 is 10.4 Å². The zero-order chi connectivity index (χ0) is 18.7. The number of hydrogen-bond acceptors (Lipinski definition) is 4. The first-order chi connectivity index (χ1) is 12.5. The van der Waals surface area contributed by atoms with E-state index in [1.807, 2.05) is 0 Å². The first kappa shape index (κ1) is 17.8. The van der Waals surface area contributed by atoms with Crippen LogP contribution >= 0.6 is 11.3 Å². The Morgan fingerprint density at radius 3 is 2.50 bits per heavy atom. The molecule has 0 aliphatic rings. The number of halogens is 1. The highest BCUT2D eigenvalue weighted by molar-refractivity contribution is 7.17. The van der Waals surface area contributed by atoms with Crippen molar-refractivity contribution >= 4 is 23.2 Å². The number of aromatic nitrogens is 1. The molecule has 7 heteroatoms. The fourth-order valence-corrected chi connectivity index (χ4v) is 3.39. The topological polar surface area (TPSA) is 79.3 Å². The molecule has 0 saturated heterocycles. The minimum atomic E-state index is -0.999. The molecule has 0 radical (unpaired) electrons. The summed E-state index contributed by atoms with van der Waals surface area (Å²) >= 11 is 1.14. The molecule has 1 amide bonds. The second-order valence-electron chi connectivity index (χ2n) is 5.60. The molecule has 0 unspecified atom stereocenters. The number of carbonyl (C=O) groups excluding carboxylic acids is 1. The quantitative estimate of drug-likeness (QED) is 0.714. The molecule has 0 fully saturated rings. The fourth-order valence-electron chi connectivity index (χ4n) is 2.38. The van der Waals surface area contributed by atoms with E-state index in [4.69, 9.17) is 5.11 Å². The van der Waals surface area contributed by atoms with E-state index in [-0.39, 0.29) is 23.8 Å². The van der Waals surface area contributed by atoms with Gasteiger partial charge in [-0.05, 0) is 36.8 Å². The van der Waals surface area contributed by atoms with E-state index < -0.39 is 5.97 Å². The lowest BCUT2D eigenvalue weighted by molar-refractivity contribution is 0.0696. The molecule has 1 heterocycles. The van der Waals surface area contributed by atoms with Gasteiger partial charge in [-0.2, -0.15) is 0 Å². The number of nitrogens with one attached hydrogen (secondary N) is 1. The Hall–Kier alpha value is -3.06. The highest BCUT2D eigenvalue weighted by Crippen LogP contribution is 2.29. The molecule has 0 atom stereocenters. The van der Waals surface area contributed by atoms with Crippen molar-refractivity contribution in [2.45, 2.75) is 13.5 Å². The Balaban J connectivity index is 1.72. The number of aromatic carboxylic acids is 1. The standard InChI is InChI=1S/C19H15FN2O3S/c1-11-16(26-18(22-11)14-4-2-3-5-15(14)20)17(23)21-10-12-6-8-13(9-7-12)19(24)25/h2-9H,10H2,1H3,(H,21,23)(H,24,25). The molecule has 26 heavy (non-hydrogen) atoms. The summed E-state index contributed by atoms with van der Waals surface area (Å²) in [4.78, 5) is 28.0. The van der Waals surface area contributed by atoms with Gasteiger partial charge >= 0.3 is 5.97 Å². The third kappa shape index (κ3) is 3.78. The predicted molar refractivity (Wildman–Crippen MR) is 96.8 cm³/mol. The zero-order valence-electron chi connectivity index (χ0n) is 13.8. The van der Waals surface area contributed by atoms with E-state index >= 15 is 0 Å². The first-order valence-corrected chi connectivity index (χ1v) is 8.60. The van der Waals surface area contributed by atoms with Crippen LogP contribution in [0.2, 0.25) is 0 Å². The number of rotatable bonds is 5. The number of thiazole rings is 1. The maximum absolute atomic E-state index is 13.9. The second-order valence-corrected chi connectivity index (χ2v) is 6.60. The van der Waals surface area contributed by atoms with Crippen LogP contribution in [-0.4, -0.2) is 22.0 Å². The molecule has 0 spiro atoms. The van der Waals surface area contributed by atoms with Gasteiger partial charge in [-0.3, -0.25) is 4.79 Å². The number of benzene rings is 2. The van der Waals surface area contributed by atoms with Crippen LogP contribution in [0.25, 0.3) is 10.6 Å². The lowest BCUT2D eigenvalue weighted by Crippen LogP contribution is -2.22. The van der Waals surface area contributed by atoms with Crippen LogP contribution in [-0.2, 0) is 6.54 Å². The number of carboxylic acid groups (broad SMARTS) is 1. The first-order valence-electron chi connectivity index (χ1n) is 7.78. The van der Waals surface area contributed by atoms with Crippen molar-refractivity contribution in [3.05, 3.63) is 76.0 Å². The van der Waals surface area contributed by atoms with Crippen LogP contribution < -0.4 is 5.32 Å². The summed E-state index contributed by atoms with van der Waals surface area (Å²) in [6.07, 6.45) is 0. The monoisotopic (exact) mass is 370 g/mol. The maximum Gasteiger partial charge on any atom is 0.335 e. The van der Waals surface area contributed by atoms with Crippen molar-refractivity contribution < 1.29 is 19.1 Å². The summed E-state index contributed by atoms with van der Waals surface area (Å²) in [5, 5.41) is 12.1. The Morgan fingerprint density at radius 1 is 1.15 bits per heavy atom. The third-order valence-electron chi connectivity index (χ3n) is 3.76. The van der Waals surface area contributed by atoms with E-state index in [2.05, 4.69) is 10.3 Å². The summed E-state index contributed by atoms with van der Waals surface area (Å²) in [6, 6.07) is 12.6. The summed E-state index contributed by atoms with van der Waals surface area (Å²) in [7, 11) is 0. The van der Waals surface area contributed by atoms with E-state index in [0.29, 0.717) is 21.1 Å². The highest BCUT2D eigenvalue weighted by atomic mass is 32.1. The predicted octanol–water partition coefficient (Wildman–Crippen LogP) is 3.89. The lowest BCUT2D eigenvalue weighted by atomic mass is 10.1. The Bertz CT molecular complexity index is 967. The molecule has 2 N–H and O–H groups in total. The van der Waals surface area contributed by atoms with Gasteiger partial charge in [0.15, 0.2) is 0 Å². The van der Waals surface area contributed by atoms with Crippen LogP contribution in [0, 0.1) is 12.7 Å². The maximum atomic E-state index is 13.9. The normalized spacial score (nSPS) is 10.5. The van der Waals surface area contributed by atoms with Crippen LogP contribution in [0.3, 0.4) is 0 Å². The van der Waals surface area contributed by atoms with Crippen molar-refractivity contribution in [3.8, 4) is 10.6 Å². The molecule has 1 aromatic heterocycles. The van der Waals surface area contributed by atoms with E-state index in [9.17, 15) is 14.0 Å². The number of amides is 1. The SMILES string of the molecule is Cc1nc(-c2ccccc2F)sc1C(=O)NCc1ccc(C(=O)O)cc1. The van der Waals surface area contributed by atoms with E-state index in [1.165, 1.54) is 18.2 Å². The van der Waals surface area contributed by atoms with Crippen LogP contribution in [0.5, 0.6) is 0 Å². The minimum Gasteiger partial charge on any atom is -0.478 e. The second kappa shape index (κ2) is 7.45. The summed E-state index contributed by atoms with van der Waals surface area (Å²) in [6.45, 7) is 1.96. The van der Waals surface area contributed by atoms with E-state index in [1.54, 1.807) is 37.3 Å². The minimum absolute atomic E-state index is 0.188. The van der Waals surface area contributed by atoms with Crippen molar-refractivity contribution in [2.24, 2.45) is 0 Å².